The Kier molecular flexibility index (Phi) is 6.73. The normalized spacial score (nSPS) is 16.9. The van der Waals surface area contributed by atoms with Gasteiger partial charge in [0, 0.05) is 60.2 Å². The fraction of sp³-hybridized carbons (Fsp3) is 0.357. The number of hydrogen-bond acceptors (Lipinski definition) is 7. The van der Waals surface area contributed by atoms with Gasteiger partial charge in [0.25, 0.3) is 0 Å². The van der Waals surface area contributed by atoms with E-state index >= 15 is 4.39 Å². The molecule has 6 rings (SSSR count). The van der Waals surface area contributed by atoms with Crippen molar-refractivity contribution in [1.82, 2.24) is 15.0 Å². The minimum absolute atomic E-state index is 0.137. The summed E-state index contributed by atoms with van der Waals surface area (Å²) in [5, 5.41) is 0.858. The van der Waals surface area contributed by atoms with Gasteiger partial charge in [-0.25, -0.2) is 14.4 Å². The summed E-state index contributed by atoms with van der Waals surface area (Å²) in [5.41, 5.74) is 11.5. The number of hydrogen-bond donors (Lipinski definition) is 2. The predicted molar refractivity (Wildman–Crippen MR) is 140 cm³/mol. The lowest BCUT2D eigenvalue weighted by molar-refractivity contribution is 0.0252. The monoisotopic (exact) mass is 503 g/mol. The zero-order chi connectivity index (χ0) is 25.2. The lowest BCUT2D eigenvalue weighted by atomic mass is 10.0. The topological polar surface area (TPSA) is 98.5 Å². The minimum Gasteiger partial charge on any atom is -0.490 e. The molecule has 2 aliphatic heterocycles. The first-order valence-corrected chi connectivity index (χ1v) is 12.7. The van der Waals surface area contributed by atoms with Crippen molar-refractivity contribution >= 4 is 16.7 Å². The van der Waals surface area contributed by atoms with Gasteiger partial charge < -0.3 is 29.8 Å². The average molecular weight is 504 g/mol. The lowest BCUT2D eigenvalue weighted by Crippen LogP contribution is -2.36. The van der Waals surface area contributed by atoms with Gasteiger partial charge in [-0.2, -0.15) is 0 Å². The molecule has 2 fully saturated rings. The molecule has 2 aromatic carbocycles. The predicted octanol–water partition coefficient (Wildman–Crippen LogP) is 4.28. The zero-order valence-corrected chi connectivity index (χ0v) is 20.6. The maximum atomic E-state index is 15.1. The minimum atomic E-state index is -0.253. The highest BCUT2D eigenvalue weighted by Crippen LogP contribution is 2.34. The molecule has 2 aliphatic rings. The molecule has 0 atom stereocenters. The van der Waals surface area contributed by atoms with Crippen LogP contribution in [0.1, 0.15) is 18.4 Å². The first kappa shape index (κ1) is 23.8. The van der Waals surface area contributed by atoms with E-state index < -0.39 is 0 Å². The largest absolute Gasteiger partial charge is 0.490 e. The number of aromatic nitrogens is 3. The van der Waals surface area contributed by atoms with E-state index in [1.807, 2.05) is 41.3 Å². The van der Waals surface area contributed by atoms with Gasteiger partial charge in [-0.05, 0) is 36.4 Å². The molecule has 0 spiro atoms. The highest BCUT2D eigenvalue weighted by Gasteiger charge is 2.19. The second-order valence-electron chi connectivity index (χ2n) is 9.39. The summed E-state index contributed by atoms with van der Waals surface area (Å²) in [6.45, 7) is 4.38. The number of H-pyrrole nitrogens is 1. The highest BCUT2D eigenvalue weighted by molar-refractivity contribution is 5.94. The molecule has 4 heterocycles. The number of rotatable bonds is 6. The second-order valence-corrected chi connectivity index (χ2v) is 9.39. The Hall–Kier alpha value is -3.53. The van der Waals surface area contributed by atoms with Gasteiger partial charge >= 0.3 is 0 Å². The second kappa shape index (κ2) is 10.5. The van der Waals surface area contributed by atoms with Gasteiger partial charge in [0.05, 0.1) is 37.8 Å². The Morgan fingerprint density at radius 1 is 0.973 bits per heavy atom. The summed E-state index contributed by atoms with van der Waals surface area (Å²) < 4.78 is 32.1. The molecule has 0 radical (unpaired) electrons. The standard InChI is InChI=1S/C28H30FN5O3/c29-23-14-18(1-3-25(23)34-7-11-36-12-8-34)24-15-22-27(31-17-32-28(22)33-24)19-2-4-26(20(13-19)16-30)37-21-5-9-35-10-6-21/h1-4,13-15,17,21H,5-12,16,30H2,(H,31,32,33). The summed E-state index contributed by atoms with van der Waals surface area (Å²) in [7, 11) is 0. The molecular formula is C28H30FN5O3. The van der Waals surface area contributed by atoms with Crippen LogP contribution in [0.5, 0.6) is 5.75 Å². The van der Waals surface area contributed by atoms with Gasteiger partial charge in [0.1, 0.15) is 29.6 Å². The first-order valence-electron chi connectivity index (χ1n) is 12.7. The summed E-state index contributed by atoms with van der Waals surface area (Å²) in [4.78, 5) is 14.3. The quantitative estimate of drug-likeness (QED) is 0.405. The van der Waals surface area contributed by atoms with E-state index in [0.717, 1.165) is 65.3 Å². The van der Waals surface area contributed by atoms with Crippen LogP contribution in [0.2, 0.25) is 0 Å². The molecule has 0 amide bonds. The third-order valence-electron chi connectivity index (χ3n) is 7.05. The van der Waals surface area contributed by atoms with Crippen molar-refractivity contribution in [1.29, 1.82) is 0 Å². The van der Waals surface area contributed by atoms with E-state index in [1.54, 1.807) is 6.07 Å². The van der Waals surface area contributed by atoms with Crippen LogP contribution in [0.4, 0.5) is 10.1 Å². The van der Waals surface area contributed by atoms with Gasteiger partial charge in [-0.3, -0.25) is 0 Å². The number of anilines is 1. The summed E-state index contributed by atoms with van der Waals surface area (Å²) in [5.74, 6) is 0.547. The number of halogens is 1. The van der Waals surface area contributed by atoms with Gasteiger partial charge in [-0.15, -0.1) is 0 Å². The van der Waals surface area contributed by atoms with Crippen molar-refractivity contribution in [2.45, 2.75) is 25.5 Å². The molecule has 4 aromatic rings. The Morgan fingerprint density at radius 2 is 1.76 bits per heavy atom. The molecule has 0 aliphatic carbocycles. The van der Waals surface area contributed by atoms with Crippen LogP contribution in [0.3, 0.4) is 0 Å². The van der Waals surface area contributed by atoms with Crippen LogP contribution in [0, 0.1) is 5.82 Å². The molecule has 37 heavy (non-hydrogen) atoms. The van der Waals surface area contributed by atoms with E-state index in [4.69, 9.17) is 19.9 Å². The molecule has 2 saturated heterocycles. The van der Waals surface area contributed by atoms with Gasteiger partial charge in [-0.1, -0.05) is 6.07 Å². The number of aromatic amines is 1. The van der Waals surface area contributed by atoms with Crippen LogP contribution < -0.4 is 15.4 Å². The van der Waals surface area contributed by atoms with Crippen molar-refractivity contribution in [2.75, 3.05) is 44.4 Å². The first-order chi connectivity index (χ1) is 18.2. The van der Waals surface area contributed by atoms with Crippen LogP contribution in [0.15, 0.2) is 48.8 Å². The van der Waals surface area contributed by atoms with Crippen molar-refractivity contribution < 1.29 is 18.6 Å². The Labute approximate surface area is 214 Å². The van der Waals surface area contributed by atoms with Crippen LogP contribution >= 0.6 is 0 Å². The van der Waals surface area contributed by atoms with Crippen LogP contribution in [-0.2, 0) is 16.0 Å². The van der Waals surface area contributed by atoms with Crippen molar-refractivity contribution in [3.8, 4) is 28.3 Å². The molecule has 2 aromatic heterocycles. The number of nitrogens with one attached hydrogen (secondary N) is 1. The number of ether oxygens (including phenoxy) is 3. The summed E-state index contributed by atoms with van der Waals surface area (Å²) >= 11 is 0. The van der Waals surface area contributed by atoms with Crippen molar-refractivity contribution in [3.63, 3.8) is 0 Å². The maximum Gasteiger partial charge on any atom is 0.147 e. The van der Waals surface area contributed by atoms with E-state index in [9.17, 15) is 0 Å². The molecule has 0 saturated carbocycles. The molecular weight excluding hydrogens is 473 g/mol. The number of nitrogens with zero attached hydrogens (tertiary/aromatic N) is 3. The smallest absolute Gasteiger partial charge is 0.147 e. The van der Waals surface area contributed by atoms with Crippen molar-refractivity contribution in [3.05, 3.63) is 60.2 Å². The molecule has 0 unspecified atom stereocenters. The third kappa shape index (κ3) is 4.90. The van der Waals surface area contributed by atoms with Gasteiger partial charge in [0.15, 0.2) is 0 Å². The lowest BCUT2D eigenvalue weighted by Gasteiger charge is -2.29. The Balaban J connectivity index is 1.30. The summed E-state index contributed by atoms with van der Waals surface area (Å²) in [6.07, 6.45) is 3.42. The van der Waals surface area contributed by atoms with E-state index in [2.05, 4.69) is 15.0 Å². The van der Waals surface area contributed by atoms with Crippen LogP contribution in [-0.4, -0.2) is 60.6 Å². The van der Waals surface area contributed by atoms with Gasteiger partial charge in [0.2, 0.25) is 0 Å². The fourth-order valence-electron chi connectivity index (χ4n) is 5.04. The maximum absolute atomic E-state index is 15.1. The molecule has 3 N–H and O–H groups in total. The fourth-order valence-corrected chi connectivity index (χ4v) is 5.04. The Bertz CT molecular complexity index is 1400. The van der Waals surface area contributed by atoms with E-state index in [0.29, 0.717) is 44.2 Å². The average Bonchev–Trinajstić information content (AvgIpc) is 3.39. The number of benzene rings is 2. The zero-order valence-electron chi connectivity index (χ0n) is 20.6. The van der Waals surface area contributed by atoms with Crippen LogP contribution in [0.25, 0.3) is 33.5 Å². The molecule has 9 heteroatoms. The molecule has 0 bridgehead atoms. The number of morpholine rings is 1. The molecule has 8 nitrogen and oxygen atoms in total. The number of fused-ring (bicyclic) bond motifs is 1. The molecule has 192 valence electrons. The van der Waals surface area contributed by atoms with E-state index in [-0.39, 0.29) is 11.9 Å². The van der Waals surface area contributed by atoms with Crippen molar-refractivity contribution in [2.24, 2.45) is 5.73 Å². The SMILES string of the molecule is NCc1cc(-c2ncnc3[nH]c(-c4ccc(N5CCOCC5)c(F)c4)cc23)ccc1OC1CCOCC1. The third-order valence-corrected chi connectivity index (χ3v) is 7.05. The highest BCUT2D eigenvalue weighted by atomic mass is 19.1. The number of nitrogens with two attached hydrogens (primary N) is 1. The summed E-state index contributed by atoms with van der Waals surface area (Å²) in [6, 6.07) is 13.3. The van der Waals surface area contributed by atoms with E-state index in [1.165, 1.54) is 6.33 Å². The Morgan fingerprint density at radius 3 is 2.54 bits per heavy atom.